The van der Waals surface area contributed by atoms with Gasteiger partial charge in [-0.05, 0) is 13.8 Å². The van der Waals surface area contributed by atoms with Crippen LogP contribution in [0.15, 0.2) is 5.38 Å². The van der Waals surface area contributed by atoms with E-state index in [9.17, 15) is 4.79 Å². The first-order valence-corrected chi connectivity index (χ1v) is 5.32. The van der Waals surface area contributed by atoms with Gasteiger partial charge in [-0.15, -0.1) is 11.3 Å². The van der Waals surface area contributed by atoms with Gasteiger partial charge in [-0.1, -0.05) is 12.2 Å². The Labute approximate surface area is 91.5 Å². The smallest absolute Gasteiger partial charge is 0.235 e. The molecule has 1 unspecified atom stereocenters. The van der Waals surface area contributed by atoms with Crippen molar-refractivity contribution in [3.8, 4) is 0 Å². The van der Waals surface area contributed by atoms with Crippen LogP contribution in [0.4, 0.5) is 5.13 Å². The highest BCUT2D eigenvalue weighted by Crippen LogP contribution is 2.15. The van der Waals surface area contributed by atoms with Crippen molar-refractivity contribution in [1.29, 1.82) is 0 Å². The first-order valence-electron chi connectivity index (χ1n) is 4.03. The Morgan fingerprint density at radius 3 is 2.86 bits per heavy atom. The molecule has 14 heavy (non-hydrogen) atoms. The highest BCUT2D eigenvalue weighted by Gasteiger charge is 2.16. The standard InChI is InChI=1S/C8H11N3OS2/c1-4-3-14-8(10-4)11-7(12)5(2)6(9)13/h3,5H,1-2H3,(H2,9,13)(H,10,11,12). The fraction of sp³-hybridized carbons (Fsp3) is 0.375. The molecule has 0 aliphatic rings. The normalized spacial score (nSPS) is 12.1. The van der Waals surface area contributed by atoms with Crippen LogP contribution in [-0.2, 0) is 4.79 Å². The number of carbonyl (C=O) groups is 1. The van der Waals surface area contributed by atoms with Crippen molar-refractivity contribution in [2.75, 3.05) is 5.32 Å². The second kappa shape index (κ2) is 4.47. The van der Waals surface area contributed by atoms with Crippen molar-refractivity contribution in [2.24, 2.45) is 11.7 Å². The number of hydrogen-bond acceptors (Lipinski definition) is 4. The lowest BCUT2D eigenvalue weighted by Crippen LogP contribution is -2.30. The van der Waals surface area contributed by atoms with Crippen LogP contribution >= 0.6 is 23.6 Å². The van der Waals surface area contributed by atoms with E-state index in [-0.39, 0.29) is 10.9 Å². The number of hydrogen-bond donors (Lipinski definition) is 2. The number of anilines is 1. The van der Waals surface area contributed by atoms with Crippen LogP contribution in [0, 0.1) is 12.8 Å². The summed E-state index contributed by atoms with van der Waals surface area (Å²) in [5.74, 6) is -0.680. The maximum atomic E-state index is 11.5. The fourth-order valence-corrected chi connectivity index (χ4v) is 1.55. The monoisotopic (exact) mass is 229 g/mol. The van der Waals surface area contributed by atoms with E-state index in [1.54, 1.807) is 6.92 Å². The minimum absolute atomic E-state index is 0.191. The third-order valence-electron chi connectivity index (χ3n) is 1.67. The second-order valence-electron chi connectivity index (χ2n) is 2.91. The largest absolute Gasteiger partial charge is 0.393 e. The fourth-order valence-electron chi connectivity index (χ4n) is 0.754. The number of thiocarbonyl (C=S) groups is 1. The Morgan fingerprint density at radius 1 is 1.79 bits per heavy atom. The van der Waals surface area contributed by atoms with Gasteiger partial charge in [-0.25, -0.2) is 4.98 Å². The molecule has 0 fully saturated rings. The molecule has 0 radical (unpaired) electrons. The number of thiazole rings is 1. The van der Waals surface area contributed by atoms with Gasteiger partial charge in [0.1, 0.15) is 0 Å². The first-order chi connectivity index (χ1) is 6.50. The van der Waals surface area contributed by atoms with Gasteiger partial charge in [0.15, 0.2) is 5.13 Å². The summed E-state index contributed by atoms with van der Waals surface area (Å²) in [5.41, 5.74) is 6.23. The third kappa shape index (κ3) is 2.74. The zero-order chi connectivity index (χ0) is 10.7. The van der Waals surface area contributed by atoms with Crippen LogP contribution in [0.2, 0.25) is 0 Å². The number of aromatic nitrogens is 1. The average molecular weight is 229 g/mol. The molecule has 0 aromatic carbocycles. The second-order valence-corrected chi connectivity index (χ2v) is 4.24. The van der Waals surface area contributed by atoms with Crippen molar-refractivity contribution in [2.45, 2.75) is 13.8 Å². The maximum Gasteiger partial charge on any atom is 0.235 e. The minimum atomic E-state index is -0.464. The summed E-state index contributed by atoms with van der Waals surface area (Å²) < 4.78 is 0. The molecule has 1 heterocycles. The molecule has 1 aromatic heterocycles. The maximum absolute atomic E-state index is 11.5. The SMILES string of the molecule is Cc1csc(NC(=O)C(C)C(N)=S)n1. The van der Waals surface area contributed by atoms with Gasteiger partial charge in [-0.2, -0.15) is 0 Å². The van der Waals surface area contributed by atoms with E-state index in [0.717, 1.165) is 5.69 Å². The van der Waals surface area contributed by atoms with Crippen LogP contribution < -0.4 is 11.1 Å². The molecule has 4 nitrogen and oxygen atoms in total. The van der Waals surface area contributed by atoms with E-state index in [1.807, 2.05) is 12.3 Å². The van der Waals surface area contributed by atoms with E-state index < -0.39 is 5.92 Å². The number of nitrogens with two attached hydrogens (primary N) is 1. The molecular formula is C8H11N3OS2. The van der Waals surface area contributed by atoms with E-state index in [0.29, 0.717) is 5.13 Å². The zero-order valence-electron chi connectivity index (χ0n) is 7.90. The van der Waals surface area contributed by atoms with Gasteiger partial charge in [-0.3, -0.25) is 4.79 Å². The molecule has 76 valence electrons. The summed E-state index contributed by atoms with van der Waals surface area (Å²) in [6.07, 6.45) is 0. The van der Waals surface area contributed by atoms with Gasteiger partial charge in [0, 0.05) is 5.38 Å². The molecular weight excluding hydrogens is 218 g/mol. The molecule has 3 N–H and O–H groups in total. The Morgan fingerprint density at radius 2 is 2.43 bits per heavy atom. The Balaban J connectivity index is 2.61. The molecule has 0 spiro atoms. The van der Waals surface area contributed by atoms with Crippen LogP contribution in [0.25, 0.3) is 0 Å². The summed E-state index contributed by atoms with van der Waals surface area (Å²) in [6, 6.07) is 0. The highest BCUT2D eigenvalue weighted by molar-refractivity contribution is 7.80. The average Bonchev–Trinajstić information content (AvgIpc) is 2.49. The number of rotatable bonds is 3. The van der Waals surface area contributed by atoms with Crippen molar-refractivity contribution >= 4 is 39.6 Å². The molecule has 1 atom stereocenters. The lowest BCUT2D eigenvalue weighted by molar-refractivity contribution is -0.117. The Bertz CT molecular complexity index is 361. The van der Waals surface area contributed by atoms with Crippen molar-refractivity contribution < 1.29 is 4.79 Å². The number of nitrogens with one attached hydrogen (secondary N) is 1. The molecule has 0 saturated carbocycles. The summed E-state index contributed by atoms with van der Waals surface area (Å²) in [7, 11) is 0. The zero-order valence-corrected chi connectivity index (χ0v) is 9.54. The summed E-state index contributed by atoms with van der Waals surface area (Å²) >= 11 is 6.10. The van der Waals surface area contributed by atoms with Gasteiger partial charge in [0.05, 0.1) is 16.6 Å². The molecule has 1 rings (SSSR count). The van der Waals surface area contributed by atoms with Gasteiger partial charge < -0.3 is 11.1 Å². The molecule has 0 saturated heterocycles. The van der Waals surface area contributed by atoms with Crippen LogP contribution in [0.3, 0.4) is 0 Å². The van der Waals surface area contributed by atoms with Crippen molar-refractivity contribution in [3.05, 3.63) is 11.1 Å². The number of carbonyl (C=O) groups excluding carboxylic acids is 1. The number of nitrogens with zero attached hydrogens (tertiary/aromatic N) is 1. The number of aryl methyl sites for hydroxylation is 1. The Hall–Kier alpha value is -1.01. The van der Waals surface area contributed by atoms with E-state index >= 15 is 0 Å². The molecule has 1 amide bonds. The predicted molar refractivity (Wildman–Crippen MR) is 61.4 cm³/mol. The predicted octanol–water partition coefficient (Wildman–Crippen LogP) is 1.31. The van der Waals surface area contributed by atoms with E-state index in [4.69, 9.17) is 18.0 Å². The van der Waals surface area contributed by atoms with Crippen molar-refractivity contribution in [3.63, 3.8) is 0 Å². The molecule has 6 heteroatoms. The third-order valence-corrected chi connectivity index (χ3v) is 2.90. The van der Waals surface area contributed by atoms with Gasteiger partial charge in [0.25, 0.3) is 0 Å². The summed E-state index contributed by atoms with van der Waals surface area (Å²) in [4.78, 5) is 15.7. The van der Waals surface area contributed by atoms with Gasteiger partial charge in [0.2, 0.25) is 5.91 Å². The minimum Gasteiger partial charge on any atom is -0.393 e. The van der Waals surface area contributed by atoms with E-state index in [1.165, 1.54) is 11.3 Å². The first kappa shape index (κ1) is 11.1. The molecule has 0 aliphatic carbocycles. The quantitative estimate of drug-likeness (QED) is 0.767. The summed E-state index contributed by atoms with van der Waals surface area (Å²) in [6.45, 7) is 3.53. The topological polar surface area (TPSA) is 68.0 Å². The van der Waals surface area contributed by atoms with E-state index in [2.05, 4.69) is 10.3 Å². The van der Waals surface area contributed by atoms with Crippen molar-refractivity contribution in [1.82, 2.24) is 4.98 Å². The molecule has 0 aliphatic heterocycles. The van der Waals surface area contributed by atoms with Gasteiger partial charge >= 0.3 is 0 Å². The lowest BCUT2D eigenvalue weighted by Gasteiger charge is -2.07. The lowest BCUT2D eigenvalue weighted by atomic mass is 10.2. The van der Waals surface area contributed by atoms with Crippen LogP contribution in [0.1, 0.15) is 12.6 Å². The number of amides is 1. The van der Waals surface area contributed by atoms with Crippen LogP contribution in [0.5, 0.6) is 0 Å². The molecule has 1 aromatic rings. The van der Waals surface area contributed by atoms with Crippen LogP contribution in [-0.4, -0.2) is 15.9 Å². The summed E-state index contributed by atoms with van der Waals surface area (Å²) in [5, 5.41) is 5.09. The highest BCUT2D eigenvalue weighted by atomic mass is 32.1. The molecule has 0 bridgehead atoms. The Kier molecular flexibility index (Phi) is 3.54.